The van der Waals surface area contributed by atoms with Gasteiger partial charge in [-0.15, -0.1) is 11.3 Å². The largest absolute Gasteiger partial charge is 0.376 e. The highest BCUT2D eigenvalue weighted by atomic mass is 32.1. The maximum atomic E-state index is 12.9. The van der Waals surface area contributed by atoms with Gasteiger partial charge in [0.25, 0.3) is 0 Å². The number of likely N-dealkylation sites (tertiary alicyclic amines) is 1. The zero-order valence-corrected chi connectivity index (χ0v) is 17.0. The number of carbonyl (C=O) groups is 1. The topological polar surface area (TPSA) is 44.8 Å². The molecule has 5 nitrogen and oxygen atoms in total. The molecule has 6 heteroatoms. The van der Waals surface area contributed by atoms with Crippen molar-refractivity contribution in [2.75, 3.05) is 32.8 Å². The Morgan fingerprint density at radius 1 is 1.35 bits per heavy atom. The second-order valence-electron chi connectivity index (χ2n) is 8.11. The van der Waals surface area contributed by atoms with Crippen molar-refractivity contribution in [3.63, 3.8) is 0 Å². The van der Waals surface area contributed by atoms with E-state index in [-0.39, 0.29) is 17.7 Å². The summed E-state index contributed by atoms with van der Waals surface area (Å²) in [7, 11) is 0. The van der Waals surface area contributed by atoms with Crippen molar-refractivity contribution in [3.8, 4) is 0 Å². The zero-order chi connectivity index (χ0) is 18.4. The third-order valence-corrected chi connectivity index (χ3v) is 6.41. The lowest BCUT2D eigenvalue weighted by Gasteiger charge is -2.41. The van der Waals surface area contributed by atoms with Crippen molar-refractivity contribution in [3.05, 3.63) is 22.4 Å². The maximum absolute atomic E-state index is 12.9. The van der Waals surface area contributed by atoms with Gasteiger partial charge in [-0.05, 0) is 64.1 Å². The number of nitrogens with zero attached hydrogens (tertiary/aromatic N) is 2. The lowest BCUT2D eigenvalue weighted by Crippen LogP contribution is -2.55. The molecule has 146 valence electrons. The Balaban J connectivity index is 1.56. The van der Waals surface area contributed by atoms with Crippen molar-refractivity contribution >= 4 is 17.4 Å². The standard InChI is InChI=1S/C20H33N3O2S/c1-20(2,23-10-4-3-5-11-23)16-21-19(24)22(14-17-8-6-12-25-17)15-18-9-7-13-26-18/h7,9,13,17H,3-6,8,10-12,14-16H2,1-2H3,(H,21,24). The molecule has 1 unspecified atom stereocenters. The second kappa shape index (κ2) is 9.20. The number of thiophene rings is 1. The minimum absolute atomic E-state index is 0.00542. The number of hydrogen-bond donors (Lipinski definition) is 1. The summed E-state index contributed by atoms with van der Waals surface area (Å²) in [5, 5.41) is 5.27. The van der Waals surface area contributed by atoms with Gasteiger partial charge in [-0.25, -0.2) is 4.79 Å². The summed E-state index contributed by atoms with van der Waals surface area (Å²) in [4.78, 5) is 18.6. The van der Waals surface area contributed by atoms with Crippen LogP contribution >= 0.6 is 11.3 Å². The van der Waals surface area contributed by atoms with Crippen LogP contribution in [0.25, 0.3) is 0 Å². The van der Waals surface area contributed by atoms with Gasteiger partial charge in [0.1, 0.15) is 0 Å². The van der Waals surface area contributed by atoms with Crippen molar-refractivity contribution < 1.29 is 9.53 Å². The summed E-state index contributed by atoms with van der Waals surface area (Å²) in [5.74, 6) is 0. The average molecular weight is 380 g/mol. The van der Waals surface area contributed by atoms with E-state index in [1.165, 1.54) is 24.1 Å². The predicted molar refractivity (Wildman–Crippen MR) is 107 cm³/mol. The summed E-state index contributed by atoms with van der Waals surface area (Å²) in [6.45, 7) is 9.58. The normalized spacial score (nSPS) is 21.7. The molecule has 0 spiro atoms. The molecule has 0 aromatic carbocycles. The van der Waals surface area contributed by atoms with Gasteiger partial charge in [-0.1, -0.05) is 12.5 Å². The minimum Gasteiger partial charge on any atom is -0.376 e. The fourth-order valence-electron chi connectivity index (χ4n) is 3.86. The summed E-state index contributed by atoms with van der Waals surface area (Å²) < 4.78 is 5.77. The number of nitrogens with one attached hydrogen (secondary N) is 1. The fraction of sp³-hybridized carbons (Fsp3) is 0.750. The van der Waals surface area contributed by atoms with Crippen LogP contribution in [0.15, 0.2) is 17.5 Å². The number of urea groups is 1. The lowest BCUT2D eigenvalue weighted by atomic mass is 9.98. The third-order valence-electron chi connectivity index (χ3n) is 5.55. The Morgan fingerprint density at radius 2 is 2.15 bits per heavy atom. The molecule has 1 aromatic heterocycles. The van der Waals surface area contributed by atoms with Gasteiger partial charge in [-0.2, -0.15) is 0 Å². The van der Waals surface area contributed by atoms with E-state index in [1.54, 1.807) is 11.3 Å². The number of piperidine rings is 1. The summed E-state index contributed by atoms with van der Waals surface area (Å²) >= 11 is 1.70. The first kappa shape index (κ1) is 19.6. The number of hydrogen-bond acceptors (Lipinski definition) is 4. The van der Waals surface area contributed by atoms with Crippen LogP contribution in [-0.4, -0.2) is 60.3 Å². The first-order chi connectivity index (χ1) is 12.5. The Bertz CT molecular complexity index is 549. The molecule has 0 aliphatic carbocycles. The van der Waals surface area contributed by atoms with Crippen LogP contribution in [0.4, 0.5) is 4.79 Å². The molecule has 2 aliphatic rings. The quantitative estimate of drug-likeness (QED) is 0.786. The van der Waals surface area contributed by atoms with Gasteiger partial charge in [0.2, 0.25) is 0 Å². The SMILES string of the molecule is CC(C)(CNC(=O)N(Cc1cccs1)CC1CCCO1)N1CCCCC1. The molecule has 26 heavy (non-hydrogen) atoms. The number of ether oxygens (including phenoxy) is 1. The maximum Gasteiger partial charge on any atom is 0.317 e. The molecule has 2 fully saturated rings. The van der Waals surface area contributed by atoms with Gasteiger partial charge < -0.3 is 15.0 Å². The van der Waals surface area contributed by atoms with Crippen LogP contribution < -0.4 is 5.32 Å². The highest BCUT2D eigenvalue weighted by Gasteiger charge is 2.30. The van der Waals surface area contributed by atoms with Gasteiger partial charge in [0.05, 0.1) is 12.6 Å². The van der Waals surface area contributed by atoms with E-state index < -0.39 is 0 Å². The number of rotatable bonds is 7. The zero-order valence-electron chi connectivity index (χ0n) is 16.2. The van der Waals surface area contributed by atoms with Crippen molar-refractivity contribution in [2.45, 2.75) is 64.1 Å². The van der Waals surface area contributed by atoms with E-state index in [0.717, 1.165) is 32.5 Å². The molecule has 0 saturated carbocycles. The van der Waals surface area contributed by atoms with Gasteiger partial charge in [0, 0.05) is 30.1 Å². The van der Waals surface area contributed by atoms with E-state index in [2.05, 4.69) is 35.5 Å². The summed E-state index contributed by atoms with van der Waals surface area (Å²) in [5.41, 5.74) is -0.00542. The first-order valence-electron chi connectivity index (χ1n) is 9.96. The molecule has 0 bridgehead atoms. The molecule has 3 rings (SSSR count). The third kappa shape index (κ3) is 5.44. The average Bonchev–Trinajstić information content (AvgIpc) is 3.34. The van der Waals surface area contributed by atoms with Crippen molar-refractivity contribution in [2.24, 2.45) is 0 Å². The smallest absolute Gasteiger partial charge is 0.317 e. The number of carbonyl (C=O) groups excluding carboxylic acids is 1. The van der Waals surface area contributed by atoms with Crippen molar-refractivity contribution in [1.82, 2.24) is 15.1 Å². The molecule has 2 aliphatic heterocycles. The van der Waals surface area contributed by atoms with Crippen LogP contribution in [0.1, 0.15) is 50.8 Å². The van der Waals surface area contributed by atoms with E-state index >= 15 is 0 Å². The second-order valence-corrected chi connectivity index (χ2v) is 9.15. The van der Waals surface area contributed by atoms with Crippen LogP contribution in [0.3, 0.4) is 0 Å². The van der Waals surface area contributed by atoms with E-state index in [1.807, 2.05) is 11.0 Å². The molecule has 1 aromatic rings. The van der Waals surface area contributed by atoms with Gasteiger partial charge in [0.15, 0.2) is 0 Å². The Hall–Kier alpha value is -1.11. The van der Waals surface area contributed by atoms with Gasteiger partial charge in [-0.3, -0.25) is 4.90 Å². The minimum atomic E-state index is -0.00542. The first-order valence-corrected chi connectivity index (χ1v) is 10.8. The predicted octanol–water partition coefficient (Wildman–Crippen LogP) is 3.70. The molecule has 1 atom stereocenters. The van der Waals surface area contributed by atoms with Gasteiger partial charge >= 0.3 is 6.03 Å². The van der Waals surface area contributed by atoms with Crippen LogP contribution in [0.5, 0.6) is 0 Å². The van der Waals surface area contributed by atoms with Crippen LogP contribution in [-0.2, 0) is 11.3 Å². The fourth-order valence-corrected chi connectivity index (χ4v) is 4.58. The lowest BCUT2D eigenvalue weighted by molar-refractivity contribution is 0.0748. The van der Waals surface area contributed by atoms with E-state index in [4.69, 9.17) is 4.74 Å². The van der Waals surface area contributed by atoms with Crippen molar-refractivity contribution in [1.29, 1.82) is 0 Å². The summed E-state index contributed by atoms with van der Waals surface area (Å²) in [6, 6.07) is 4.17. The molecule has 3 heterocycles. The molecule has 2 saturated heterocycles. The molecular formula is C20H33N3O2S. The highest BCUT2D eigenvalue weighted by molar-refractivity contribution is 7.09. The summed E-state index contributed by atoms with van der Waals surface area (Å²) in [6.07, 6.45) is 6.18. The molecule has 1 N–H and O–H groups in total. The van der Waals surface area contributed by atoms with E-state index in [9.17, 15) is 4.79 Å². The molecular weight excluding hydrogens is 346 g/mol. The van der Waals surface area contributed by atoms with Crippen LogP contribution in [0, 0.1) is 0 Å². The number of amides is 2. The Labute approximate surface area is 161 Å². The molecule has 0 radical (unpaired) electrons. The van der Waals surface area contributed by atoms with Crippen LogP contribution in [0.2, 0.25) is 0 Å². The highest BCUT2D eigenvalue weighted by Crippen LogP contribution is 2.21. The molecule has 2 amide bonds. The van der Waals surface area contributed by atoms with E-state index in [0.29, 0.717) is 19.6 Å². The Kier molecular flexibility index (Phi) is 6.95. The Morgan fingerprint density at radius 3 is 2.81 bits per heavy atom. The monoisotopic (exact) mass is 379 g/mol.